The summed E-state index contributed by atoms with van der Waals surface area (Å²) in [5.74, 6) is -4.01. The third kappa shape index (κ3) is 5.07. The lowest BCUT2D eigenvalue weighted by molar-refractivity contribution is -0.114. The van der Waals surface area contributed by atoms with Gasteiger partial charge in [0.1, 0.15) is 6.54 Å². The summed E-state index contributed by atoms with van der Waals surface area (Å²) in [6.45, 7) is 3.86. The normalized spacial score (nSPS) is 16.8. The zero-order chi connectivity index (χ0) is 20.8. The van der Waals surface area contributed by atoms with Gasteiger partial charge < -0.3 is 15.5 Å². The lowest BCUT2D eigenvalue weighted by atomic mass is 9.99. The van der Waals surface area contributed by atoms with Crippen LogP contribution in [0.15, 0.2) is 47.5 Å². The number of guanidine groups is 1. The Bertz CT molecular complexity index is 889. The lowest BCUT2D eigenvalue weighted by Gasteiger charge is -2.21. The van der Waals surface area contributed by atoms with Crippen LogP contribution in [0.1, 0.15) is 24.8 Å². The van der Waals surface area contributed by atoms with E-state index in [0.717, 1.165) is 31.6 Å². The molecule has 29 heavy (non-hydrogen) atoms. The largest absolute Gasteiger partial charge is 0.357 e. The lowest BCUT2D eigenvalue weighted by Crippen LogP contribution is -2.40. The second-order valence-corrected chi connectivity index (χ2v) is 6.78. The first-order valence-electron chi connectivity index (χ1n) is 9.51. The number of hydrogen-bond donors (Lipinski definition) is 2. The summed E-state index contributed by atoms with van der Waals surface area (Å²) in [7, 11) is 0. The van der Waals surface area contributed by atoms with Crippen molar-refractivity contribution in [2.24, 2.45) is 4.99 Å². The van der Waals surface area contributed by atoms with E-state index in [-0.39, 0.29) is 6.54 Å². The summed E-state index contributed by atoms with van der Waals surface area (Å²) in [6, 6.07) is 11.9. The van der Waals surface area contributed by atoms with Crippen molar-refractivity contribution in [3.05, 3.63) is 65.5 Å². The van der Waals surface area contributed by atoms with E-state index in [4.69, 9.17) is 0 Å². The molecule has 2 N–H and O–H groups in total. The van der Waals surface area contributed by atoms with Gasteiger partial charge in [0.2, 0.25) is 5.91 Å². The van der Waals surface area contributed by atoms with E-state index in [2.05, 4.69) is 32.7 Å². The summed E-state index contributed by atoms with van der Waals surface area (Å²) >= 11 is 0. The first-order chi connectivity index (χ1) is 14.0. The van der Waals surface area contributed by atoms with Crippen molar-refractivity contribution in [1.29, 1.82) is 0 Å². The number of nitrogens with zero attached hydrogens (tertiary/aromatic N) is 2. The predicted octanol–water partition coefficient (Wildman–Crippen LogP) is 3.50. The van der Waals surface area contributed by atoms with Crippen molar-refractivity contribution < 1.29 is 18.0 Å². The Morgan fingerprint density at radius 3 is 2.62 bits per heavy atom. The van der Waals surface area contributed by atoms with E-state index in [9.17, 15) is 18.0 Å². The highest BCUT2D eigenvalue weighted by molar-refractivity contribution is 5.94. The average molecular weight is 404 g/mol. The van der Waals surface area contributed by atoms with E-state index in [0.29, 0.717) is 18.4 Å². The molecule has 1 atom stereocenters. The number of hydrogen-bond acceptors (Lipinski definition) is 2. The number of benzene rings is 2. The second-order valence-electron chi connectivity index (χ2n) is 6.78. The summed E-state index contributed by atoms with van der Waals surface area (Å²) in [4.78, 5) is 18.5. The molecule has 154 valence electrons. The van der Waals surface area contributed by atoms with Gasteiger partial charge in [0, 0.05) is 25.6 Å². The van der Waals surface area contributed by atoms with Crippen LogP contribution < -0.4 is 10.6 Å². The SMILES string of the molecule is CCNC(=NCC(=O)Nc1ccc(F)c(F)c1F)N1CCC(c2ccccc2)C1. The molecule has 0 radical (unpaired) electrons. The van der Waals surface area contributed by atoms with Crippen LogP contribution >= 0.6 is 0 Å². The van der Waals surface area contributed by atoms with Crippen molar-refractivity contribution in [2.75, 3.05) is 31.5 Å². The first-order valence-corrected chi connectivity index (χ1v) is 9.51. The minimum Gasteiger partial charge on any atom is -0.357 e. The molecule has 0 spiro atoms. The topological polar surface area (TPSA) is 56.7 Å². The fraction of sp³-hybridized carbons (Fsp3) is 0.333. The zero-order valence-corrected chi connectivity index (χ0v) is 16.1. The molecule has 8 heteroatoms. The van der Waals surface area contributed by atoms with Gasteiger partial charge in [-0.25, -0.2) is 18.2 Å². The zero-order valence-electron chi connectivity index (χ0n) is 16.1. The molecule has 1 aliphatic rings. The van der Waals surface area contributed by atoms with Gasteiger partial charge in [0.15, 0.2) is 23.4 Å². The van der Waals surface area contributed by atoms with Crippen LogP contribution in [0.3, 0.4) is 0 Å². The average Bonchev–Trinajstić information content (AvgIpc) is 3.22. The Kier molecular flexibility index (Phi) is 6.74. The number of rotatable bonds is 5. The summed E-state index contributed by atoms with van der Waals surface area (Å²) in [6.07, 6.45) is 0.973. The van der Waals surface area contributed by atoms with Gasteiger partial charge in [-0.05, 0) is 31.0 Å². The van der Waals surface area contributed by atoms with Gasteiger partial charge in [-0.1, -0.05) is 30.3 Å². The van der Waals surface area contributed by atoms with Gasteiger partial charge in [-0.2, -0.15) is 0 Å². The molecular formula is C21H23F3N4O. The van der Waals surface area contributed by atoms with Gasteiger partial charge >= 0.3 is 0 Å². The number of likely N-dealkylation sites (tertiary alicyclic amines) is 1. The van der Waals surface area contributed by atoms with E-state index in [1.807, 2.05) is 25.1 Å². The van der Waals surface area contributed by atoms with Crippen LogP contribution in [-0.2, 0) is 4.79 Å². The third-order valence-electron chi connectivity index (χ3n) is 4.78. The van der Waals surface area contributed by atoms with E-state index < -0.39 is 29.0 Å². The quantitative estimate of drug-likeness (QED) is 0.456. The second kappa shape index (κ2) is 9.45. The molecule has 2 aromatic carbocycles. The van der Waals surface area contributed by atoms with Crippen LogP contribution in [0.5, 0.6) is 0 Å². The summed E-state index contributed by atoms with van der Waals surface area (Å²) in [5.41, 5.74) is 0.844. The maximum Gasteiger partial charge on any atom is 0.246 e. The number of nitrogens with one attached hydrogen (secondary N) is 2. The molecule has 2 aromatic rings. The molecule has 1 amide bonds. The number of halogens is 3. The van der Waals surface area contributed by atoms with Crippen molar-refractivity contribution in [1.82, 2.24) is 10.2 Å². The molecule has 0 bridgehead atoms. The summed E-state index contributed by atoms with van der Waals surface area (Å²) < 4.78 is 40.0. The molecule has 0 saturated carbocycles. The first kappa shape index (κ1) is 20.7. The van der Waals surface area contributed by atoms with Gasteiger partial charge in [-0.3, -0.25) is 4.79 Å². The van der Waals surface area contributed by atoms with E-state index in [1.54, 1.807) is 0 Å². The summed E-state index contributed by atoms with van der Waals surface area (Å²) in [5, 5.41) is 5.38. The fourth-order valence-corrected chi connectivity index (χ4v) is 3.33. The van der Waals surface area contributed by atoms with Crippen LogP contribution in [0.25, 0.3) is 0 Å². The molecule has 1 heterocycles. The molecule has 0 aromatic heterocycles. The van der Waals surface area contributed by atoms with Crippen molar-refractivity contribution >= 4 is 17.6 Å². The van der Waals surface area contributed by atoms with Gasteiger partial charge in [-0.15, -0.1) is 0 Å². The molecule has 1 saturated heterocycles. The molecule has 0 aliphatic carbocycles. The third-order valence-corrected chi connectivity index (χ3v) is 4.78. The minimum atomic E-state index is -1.62. The minimum absolute atomic E-state index is 0.271. The standard InChI is InChI=1S/C21H23F3N4O/c1-2-25-21(28-11-10-15(13-28)14-6-4-3-5-7-14)26-12-18(29)27-17-9-8-16(22)19(23)20(17)24/h3-9,15H,2,10-13H2,1H3,(H,25,26)(H,27,29). The molecule has 1 fully saturated rings. The number of anilines is 1. The number of amides is 1. The number of aliphatic imine (C=N–C) groups is 1. The molecule has 1 unspecified atom stereocenters. The van der Waals surface area contributed by atoms with Crippen molar-refractivity contribution in [3.63, 3.8) is 0 Å². The fourth-order valence-electron chi connectivity index (χ4n) is 3.33. The monoisotopic (exact) mass is 404 g/mol. The maximum absolute atomic E-state index is 13.7. The Balaban J connectivity index is 1.63. The molecular weight excluding hydrogens is 381 g/mol. The maximum atomic E-state index is 13.7. The predicted molar refractivity (Wildman–Crippen MR) is 106 cm³/mol. The Hall–Kier alpha value is -3.03. The van der Waals surface area contributed by atoms with Crippen molar-refractivity contribution in [2.45, 2.75) is 19.3 Å². The highest BCUT2D eigenvalue weighted by atomic mass is 19.2. The highest BCUT2D eigenvalue weighted by Gasteiger charge is 2.26. The molecule has 5 nitrogen and oxygen atoms in total. The Morgan fingerprint density at radius 1 is 1.14 bits per heavy atom. The highest BCUT2D eigenvalue weighted by Crippen LogP contribution is 2.27. The molecule has 1 aliphatic heterocycles. The van der Waals surface area contributed by atoms with Crippen LogP contribution in [-0.4, -0.2) is 42.9 Å². The van der Waals surface area contributed by atoms with Gasteiger partial charge in [0.05, 0.1) is 5.69 Å². The number of carbonyl (C=O) groups excluding carboxylic acids is 1. The van der Waals surface area contributed by atoms with E-state index in [1.165, 1.54) is 5.56 Å². The van der Waals surface area contributed by atoms with Crippen molar-refractivity contribution in [3.8, 4) is 0 Å². The van der Waals surface area contributed by atoms with Crippen LogP contribution in [0.4, 0.5) is 18.9 Å². The number of carbonyl (C=O) groups is 1. The Morgan fingerprint density at radius 2 is 1.90 bits per heavy atom. The van der Waals surface area contributed by atoms with Crippen LogP contribution in [0, 0.1) is 17.5 Å². The van der Waals surface area contributed by atoms with Crippen LogP contribution in [0.2, 0.25) is 0 Å². The Labute approximate surface area is 167 Å². The van der Waals surface area contributed by atoms with Gasteiger partial charge in [0.25, 0.3) is 0 Å². The van der Waals surface area contributed by atoms with E-state index >= 15 is 0 Å². The smallest absolute Gasteiger partial charge is 0.246 e. The molecule has 3 rings (SSSR count).